The zero-order chi connectivity index (χ0) is 8.39. The largest absolute Gasteiger partial charge is 0.352 e. The molecule has 1 aliphatic heterocycles. The van der Waals surface area contributed by atoms with Crippen LogP contribution in [0.15, 0.2) is 36.0 Å². The summed E-state index contributed by atoms with van der Waals surface area (Å²) < 4.78 is 0. The van der Waals surface area contributed by atoms with E-state index in [1.54, 1.807) is 0 Å². The Bertz CT molecular complexity index is 341. The number of carbonyl (C=O) groups excluding carboxylic acids is 1. The Kier molecular flexibility index (Phi) is 1.67. The fourth-order valence-corrected chi connectivity index (χ4v) is 1.30. The van der Waals surface area contributed by atoms with Gasteiger partial charge in [-0.25, -0.2) is 0 Å². The summed E-state index contributed by atoms with van der Waals surface area (Å²) in [6.45, 7) is 0. The number of rotatable bonds is 1. The van der Waals surface area contributed by atoms with Crippen LogP contribution in [0.25, 0.3) is 0 Å². The molecule has 1 aromatic rings. The highest BCUT2D eigenvalue weighted by molar-refractivity contribution is 5.81. The van der Waals surface area contributed by atoms with Gasteiger partial charge in [0.15, 0.2) is 0 Å². The second kappa shape index (κ2) is 2.81. The van der Waals surface area contributed by atoms with Crippen LogP contribution >= 0.6 is 0 Å². The molecule has 0 unspecified atom stereocenters. The molecule has 0 saturated heterocycles. The number of anilines is 1. The quantitative estimate of drug-likeness (QED) is 0.673. The van der Waals surface area contributed by atoms with Gasteiger partial charge in [-0.2, -0.15) is 0 Å². The molecular formula is C10H8NO. The molecular weight excluding hydrogens is 150 g/mol. The molecule has 0 bridgehead atoms. The standard InChI is InChI=1S/C10H8NO/c12-7-9-6-5-8-3-1-2-4-10(8)11-9/h1-4,6,11H,5H2. The Balaban J connectivity index is 2.36. The van der Waals surface area contributed by atoms with E-state index in [9.17, 15) is 4.79 Å². The van der Waals surface area contributed by atoms with Gasteiger partial charge in [0.05, 0.1) is 5.70 Å². The maximum absolute atomic E-state index is 10.3. The first kappa shape index (κ1) is 7.10. The maximum Gasteiger partial charge on any atom is 0.250 e. The topological polar surface area (TPSA) is 29.1 Å². The maximum atomic E-state index is 10.3. The lowest BCUT2D eigenvalue weighted by Gasteiger charge is -2.14. The van der Waals surface area contributed by atoms with Crippen molar-refractivity contribution in [3.63, 3.8) is 0 Å². The van der Waals surface area contributed by atoms with Crippen LogP contribution in [0.3, 0.4) is 0 Å². The van der Waals surface area contributed by atoms with Crippen molar-refractivity contribution in [1.82, 2.24) is 0 Å². The highest BCUT2D eigenvalue weighted by atomic mass is 16.1. The first-order chi connectivity index (χ1) is 5.90. The summed E-state index contributed by atoms with van der Waals surface area (Å²) >= 11 is 0. The average Bonchev–Trinajstić information content (AvgIpc) is 2.17. The molecule has 0 saturated carbocycles. The van der Waals surface area contributed by atoms with E-state index in [2.05, 4.69) is 5.32 Å². The number of allylic oxidation sites excluding steroid dienone is 2. The van der Waals surface area contributed by atoms with Gasteiger partial charge in [0.2, 0.25) is 0 Å². The lowest BCUT2D eigenvalue weighted by atomic mass is 10.1. The summed E-state index contributed by atoms with van der Waals surface area (Å²) in [7, 11) is 0. The van der Waals surface area contributed by atoms with Crippen LogP contribution in [0.4, 0.5) is 5.69 Å². The predicted octanol–water partition coefficient (Wildman–Crippen LogP) is 1.65. The number of hydrogen-bond donors (Lipinski definition) is 1. The molecule has 0 atom stereocenters. The van der Waals surface area contributed by atoms with Crippen LogP contribution in [-0.4, -0.2) is 6.29 Å². The lowest BCUT2D eigenvalue weighted by Crippen LogP contribution is -2.08. The van der Waals surface area contributed by atoms with E-state index in [0.717, 1.165) is 12.1 Å². The van der Waals surface area contributed by atoms with Crippen molar-refractivity contribution in [2.75, 3.05) is 5.32 Å². The molecule has 1 heterocycles. The molecule has 12 heavy (non-hydrogen) atoms. The molecule has 0 spiro atoms. The molecule has 1 aromatic carbocycles. The fourth-order valence-electron chi connectivity index (χ4n) is 1.30. The minimum Gasteiger partial charge on any atom is -0.352 e. The Hall–Kier alpha value is -1.57. The normalized spacial score (nSPS) is 14.2. The van der Waals surface area contributed by atoms with Gasteiger partial charge in [0, 0.05) is 5.69 Å². The lowest BCUT2D eigenvalue weighted by molar-refractivity contribution is 0.562. The molecule has 0 aromatic heterocycles. The number of nitrogens with one attached hydrogen (secondary N) is 1. The van der Waals surface area contributed by atoms with E-state index in [0.29, 0.717) is 5.70 Å². The third kappa shape index (κ3) is 1.11. The molecule has 59 valence electrons. The van der Waals surface area contributed by atoms with E-state index in [-0.39, 0.29) is 0 Å². The fraction of sp³-hybridized carbons (Fsp3) is 0.100. The van der Waals surface area contributed by atoms with Crippen molar-refractivity contribution < 1.29 is 4.79 Å². The van der Waals surface area contributed by atoms with Crippen LogP contribution in [0, 0.1) is 0 Å². The third-order valence-electron chi connectivity index (χ3n) is 1.92. The van der Waals surface area contributed by atoms with Crippen molar-refractivity contribution in [3.8, 4) is 0 Å². The summed E-state index contributed by atoms with van der Waals surface area (Å²) in [6.07, 6.45) is 4.50. The molecule has 2 nitrogen and oxygen atoms in total. The van der Waals surface area contributed by atoms with E-state index in [1.165, 1.54) is 5.56 Å². The molecule has 0 amide bonds. The molecule has 1 aliphatic rings. The smallest absolute Gasteiger partial charge is 0.250 e. The first-order valence-electron chi connectivity index (χ1n) is 3.83. The van der Waals surface area contributed by atoms with E-state index in [4.69, 9.17) is 0 Å². The molecule has 1 radical (unpaired) electrons. The van der Waals surface area contributed by atoms with Gasteiger partial charge in [0.1, 0.15) is 0 Å². The third-order valence-corrected chi connectivity index (χ3v) is 1.92. The van der Waals surface area contributed by atoms with Gasteiger partial charge in [-0.1, -0.05) is 24.3 Å². The van der Waals surface area contributed by atoms with Crippen molar-refractivity contribution in [2.24, 2.45) is 0 Å². The summed E-state index contributed by atoms with van der Waals surface area (Å²) in [4.78, 5) is 10.3. The SMILES string of the molecule is O=[C]C1=CCc2ccccc2N1. The molecule has 0 fully saturated rings. The predicted molar refractivity (Wildman–Crippen MR) is 47.5 cm³/mol. The van der Waals surface area contributed by atoms with Gasteiger partial charge >= 0.3 is 0 Å². The van der Waals surface area contributed by atoms with Gasteiger partial charge in [-0.05, 0) is 18.1 Å². The van der Waals surface area contributed by atoms with E-state index < -0.39 is 0 Å². The van der Waals surface area contributed by atoms with Crippen LogP contribution < -0.4 is 5.32 Å². The van der Waals surface area contributed by atoms with Gasteiger partial charge < -0.3 is 5.32 Å². The minimum atomic E-state index is 0.536. The van der Waals surface area contributed by atoms with Gasteiger partial charge in [-0.15, -0.1) is 0 Å². The Morgan fingerprint density at radius 3 is 3.00 bits per heavy atom. The molecule has 1 N–H and O–H groups in total. The van der Waals surface area contributed by atoms with Crippen LogP contribution in [0.2, 0.25) is 0 Å². The van der Waals surface area contributed by atoms with Crippen molar-refractivity contribution in [1.29, 1.82) is 0 Å². The monoisotopic (exact) mass is 158 g/mol. The average molecular weight is 158 g/mol. The van der Waals surface area contributed by atoms with Crippen LogP contribution in [-0.2, 0) is 11.2 Å². The summed E-state index contributed by atoms with van der Waals surface area (Å²) in [5.41, 5.74) is 2.77. The van der Waals surface area contributed by atoms with Gasteiger partial charge in [-0.3, -0.25) is 4.79 Å². The van der Waals surface area contributed by atoms with Crippen LogP contribution in [0.1, 0.15) is 5.56 Å². The molecule has 2 rings (SSSR count). The van der Waals surface area contributed by atoms with E-state index in [1.807, 2.05) is 36.6 Å². The highest BCUT2D eigenvalue weighted by Gasteiger charge is 2.07. The summed E-state index contributed by atoms with van der Waals surface area (Å²) in [5.74, 6) is 0. The zero-order valence-electron chi connectivity index (χ0n) is 6.50. The van der Waals surface area contributed by atoms with Crippen molar-refractivity contribution in [3.05, 3.63) is 41.6 Å². The zero-order valence-corrected chi connectivity index (χ0v) is 6.50. The molecule has 0 aliphatic carbocycles. The summed E-state index contributed by atoms with van der Waals surface area (Å²) in [6, 6.07) is 7.93. The van der Waals surface area contributed by atoms with Crippen molar-refractivity contribution >= 4 is 12.0 Å². The number of hydrogen-bond acceptors (Lipinski definition) is 2. The number of fused-ring (bicyclic) bond motifs is 1. The van der Waals surface area contributed by atoms with Gasteiger partial charge in [0.25, 0.3) is 6.29 Å². The second-order valence-electron chi connectivity index (χ2n) is 2.71. The Morgan fingerprint density at radius 1 is 1.33 bits per heavy atom. The number of para-hydroxylation sites is 1. The minimum absolute atomic E-state index is 0.536. The first-order valence-corrected chi connectivity index (χ1v) is 3.83. The van der Waals surface area contributed by atoms with Crippen LogP contribution in [0.5, 0.6) is 0 Å². The Morgan fingerprint density at radius 2 is 2.17 bits per heavy atom. The van der Waals surface area contributed by atoms with Crippen molar-refractivity contribution in [2.45, 2.75) is 6.42 Å². The van der Waals surface area contributed by atoms with E-state index >= 15 is 0 Å². The highest BCUT2D eigenvalue weighted by Crippen LogP contribution is 2.21. The number of benzene rings is 1. The summed E-state index contributed by atoms with van der Waals surface area (Å²) in [5, 5.41) is 2.98. The second-order valence-corrected chi connectivity index (χ2v) is 2.71. The Labute approximate surface area is 70.9 Å². The molecule has 2 heteroatoms.